The second-order valence-electron chi connectivity index (χ2n) is 5.86. The Balaban J connectivity index is 1.87. The standard InChI is InChI=1S/C18H20N2O3/c1-18(2,3)23-17(21)20-19-13-14-9-11-16(12-10-14)22-15-7-5-4-6-8-15/h4-13H,1-3H3,(H,20,21). The number of para-hydroxylation sites is 1. The van der Waals surface area contributed by atoms with E-state index in [0.717, 1.165) is 17.1 Å². The lowest BCUT2D eigenvalue weighted by Crippen LogP contribution is -2.29. The summed E-state index contributed by atoms with van der Waals surface area (Å²) in [4.78, 5) is 11.4. The van der Waals surface area contributed by atoms with E-state index in [1.165, 1.54) is 6.21 Å². The van der Waals surface area contributed by atoms with Crippen LogP contribution in [0.2, 0.25) is 0 Å². The van der Waals surface area contributed by atoms with Crippen LogP contribution < -0.4 is 10.2 Å². The molecule has 0 saturated carbocycles. The number of hydrogen-bond acceptors (Lipinski definition) is 4. The fourth-order valence-electron chi connectivity index (χ4n) is 1.71. The molecule has 120 valence electrons. The van der Waals surface area contributed by atoms with E-state index in [2.05, 4.69) is 10.5 Å². The Morgan fingerprint density at radius 3 is 2.22 bits per heavy atom. The number of amides is 1. The molecule has 0 aliphatic heterocycles. The van der Waals surface area contributed by atoms with Gasteiger partial charge in [0.25, 0.3) is 0 Å². The predicted octanol–water partition coefficient (Wildman–Crippen LogP) is 4.34. The lowest BCUT2D eigenvalue weighted by atomic mass is 10.2. The van der Waals surface area contributed by atoms with E-state index in [0.29, 0.717) is 0 Å². The molecule has 23 heavy (non-hydrogen) atoms. The van der Waals surface area contributed by atoms with Crippen molar-refractivity contribution in [1.29, 1.82) is 0 Å². The van der Waals surface area contributed by atoms with Crippen molar-refractivity contribution in [3.8, 4) is 11.5 Å². The Hall–Kier alpha value is -2.82. The molecule has 1 amide bonds. The van der Waals surface area contributed by atoms with Crippen molar-refractivity contribution in [2.24, 2.45) is 5.10 Å². The SMILES string of the molecule is CC(C)(C)OC(=O)NN=Cc1ccc(Oc2ccccc2)cc1. The molecule has 0 bridgehead atoms. The van der Waals surface area contributed by atoms with Crippen LogP contribution in [0, 0.1) is 0 Å². The Morgan fingerprint density at radius 1 is 1.00 bits per heavy atom. The van der Waals surface area contributed by atoms with Crippen LogP contribution >= 0.6 is 0 Å². The quantitative estimate of drug-likeness (QED) is 0.675. The molecule has 0 unspecified atom stereocenters. The number of carbonyl (C=O) groups excluding carboxylic acids is 1. The van der Waals surface area contributed by atoms with Gasteiger partial charge in [-0.05, 0) is 62.7 Å². The minimum Gasteiger partial charge on any atom is -0.457 e. The topological polar surface area (TPSA) is 59.9 Å². The molecule has 0 radical (unpaired) electrons. The molecular formula is C18H20N2O3. The highest BCUT2D eigenvalue weighted by molar-refractivity contribution is 5.81. The van der Waals surface area contributed by atoms with Gasteiger partial charge in [0.05, 0.1) is 6.21 Å². The summed E-state index contributed by atoms with van der Waals surface area (Å²) in [5.74, 6) is 1.51. The number of rotatable bonds is 4. The van der Waals surface area contributed by atoms with Crippen LogP contribution in [0.5, 0.6) is 11.5 Å². The first-order chi connectivity index (χ1) is 10.9. The Labute approximate surface area is 135 Å². The predicted molar refractivity (Wildman–Crippen MR) is 89.9 cm³/mol. The zero-order valence-corrected chi connectivity index (χ0v) is 13.4. The van der Waals surface area contributed by atoms with E-state index in [1.807, 2.05) is 54.6 Å². The summed E-state index contributed by atoms with van der Waals surface area (Å²) in [5.41, 5.74) is 2.61. The fraction of sp³-hybridized carbons (Fsp3) is 0.222. The van der Waals surface area contributed by atoms with E-state index >= 15 is 0 Å². The van der Waals surface area contributed by atoms with Crippen LogP contribution in [0.3, 0.4) is 0 Å². The first-order valence-electron chi connectivity index (χ1n) is 7.27. The summed E-state index contributed by atoms with van der Waals surface area (Å²) in [7, 11) is 0. The third-order valence-corrected chi connectivity index (χ3v) is 2.63. The third kappa shape index (κ3) is 6.22. The van der Waals surface area contributed by atoms with E-state index in [1.54, 1.807) is 20.8 Å². The normalized spacial score (nSPS) is 11.3. The van der Waals surface area contributed by atoms with Gasteiger partial charge in [0, 0.05) is 0 Å². The molecule has 2 aromatic rings. The molecule has 0 heterocycles. The monoisotopic (exact) mass is 312 g/mol. The summed E-state index contributed by atoms with van der Waals surface area (Å²) < 4.78 is 10.8. The molecule has 0 aliphatic rings. The Morgan fingerprint density at radius 2 is 1.61 bits per heavy atom. The molecule has 0 aliphatic carbocycles. The lowest BCUT2D eigenvalue weighted by molar-refractivity contribution is 0.0529. The first-order valence-corrected chi connectivity index (χ1v) is 7.27. The summed E-state index contributed by atoms with van der Waals surface area (Å²) >= 11 is 0. The maximum absolute atomic E-state index is 11.4. The highest BCUT2D eigenvalue weighted by Gasteiger charge is 2.15. The molecule has 5 nitrogen and oxygen atoms in total. The maximum Gasteiger partial charge on any atom is 0.428 e. The summed E-state index contributed by atoms with van der Waals surface area (Å²) in [6, 6.07) is 16.9. The third-order valence-electron chi connectivity index (χ3n) is 2.63. The smallest absolute Gasteiger partial charge is 0.428 e. The van der Waals surface area contributed by atoms with E-state index in [9.17, 15) is 4.79 Å². The van der Waals surface area contributed by atoms with Gasteiger partial charge in [-0.25, -0.2) is 10.2 Å². The van der Waals surface area contributed by atoms with Gasteiger partial charge in [0.2, 0.25) is 0 Å². The largest absolute Gasteiger partial charge is 0.457 e. The molecule has 0 saturated heterocycles. The van der Waals surface area contributed by atoms with Crippen LogP contribution in [0.15, 0.2) is 59.7 Å². The molecular weight excluding hydrogens is 292 g/mol. The van der Waals surface area contributed by atoms with Crippen LogP contribution in [0.1, 0.15) is 26.3 Å². The molecule has 1 N–H and O–H groups in total. The van der Waals surface area contributed by atoms with Gasteiger partial charge < -0.3 is 9.47 Å². The molecule has 0 spiro atoms. The van der Waals surface area contributed by atoms with Crippen LogP contribution in [0.4, 0.5) is 4.79 Å². The zero-order chi connectivity index (χ0) is 16.7. The molecule has 0 aromatic heterocycles. The highest BCUT2D eigenvalue weighted by atomic mass is 16.6. The summed E-state index contributed by atoms with van der Waals surface area (Å²) in [6.07, 6.45) is 0.953. The summed E-state index contributed by atoms with van der Waals surface area (Å²) in [5, 5.41) is 3.85. The number of hydrazone groups is 1. The lowest BCUT2D eigenvalue weighted by Gasteiger charge is -2.18. The van der Waals surface area contributed by atoms with Gasteiger partial charge >= 0.3 is 6.09 Å². The van der Waals surface area contributed by atoms with Gasteiger partial charge in [-0.1, -0.05) is 18.2 Å². The van der Waals surface area contributed by atoms with Gasteiger partial charge in [0.1, 0.15) is 17.1 Å². The average Bonchev–Trinajstić information content (AvgIpc) is 2.48. The van der Waals surface area contributed by atoms with Crippen molar-refractivity contribution in [3.05, 3.63) is 60.2 Å². The number of benzene rings is 2. The number of carbonyl (C=O) groups is 1. The molecule has 2 aromatic carbocycles. The number of nitrogens with one attached hydrogen (secondary N) is 1. The minimum absolute atomic E-state index is 0.546. The van der Waals surface area contributed by atoms with Gasteiger partial charge in [-0.3, -0.25) is 0 Å². The Kier molecular flexibility index (Phi) is 5.36. The first kappa shape index (κ1) is 16.5. The van der Waals surface area contributed by atoms with Crippen molar-refractivity contribution >= 4 is 12.3 Å². The minimum atomic E-state index is -0.585. The van der Waals surface area contributed by atoms with Crippen LogP contribution in [-0.4, -0.2) is 17.9 Å². The van der Waals surface area contributed by atoms with Crippen LogP contribution in [0.25, 0.3) is 0 Å². The van der Waals surface area contributed by atoms with Crippen molar-refractivity contribution < 1.29 is 14.3 Å². The molecule has 2 rings (SSSR count). The number of ether oxygens (including phenoxy) is 2. The molecule has 0 atom stereocenters. The van der Waals surface area contributed by atoms with E-state index in [4.69, 9.17) is 9.47 Å². The second-order valence-corrected chi connectivity index (χ2v) is 5.86. The van der Waals surface area contributed by atoms with E-state index < -0.39 is 11.7 Å². The van der Waals surface area contributed by atoms with Crippen molar-refractivity contribution in [3.63, 3.8) is 0 Å². The van der Waals surface area contributed by atoms with Crippen molar-refractivity contribution in [2.75, 3.05) is 0 Å². The second kappa shape index (κ2) is 7.45. The highest BCUT2D eigenvalue weighted by Crippen LogP contribution is 2.20. The average molecular weight is 312 g/mol. The van der Waals surface area contributed by atoms with Crippen LogP contribution in [-0.2, 0) is 4.74 Å². The number of nitrogens with zero attached hydrogens (tertiary/aromatic N) is 1. The number of hydrogen-bond donors (Lipinski definition) is 1. The zero-order valence-electron chi connectivity index (χ0n) is 13.4. The maximum atomic E-state index is 11.4. The molecule has 0 fully saturated rings. The Bertz CT molecular complexity index is 659. The van der Waals surface area contributed by atoms with Crippen molar-refractivity contribution in [1.82, 2.24) is 5.43 Å². The van der Waals surface area contributed by atoms with Gasteiger partial charge in [0.15, 0.2) is 0 Å². The summed E-state index contributed by atoms with van der Waals surface area (Å²) in [6.45, 7) is 5.38. The van der Waals surface area contributed by atoms with E-state index in [-0.39, 0.29) is 0 Å². The molecule has 5 heteroatoms. The fourth-order valence-corrected chi connectivity index (χ4v) is 1.71. The van der Waals surface area contributed by atoms with Gasteiger partial charge in [-0.2, -0.15) is 5.10 Å². The van der Waals surface area contributed by atoms with Gasteiger partial charge in [-0.15, -0.1) is 0 Å². The van der Waals surface area contributed by atoms with Crippen molar-refractivity contribution in [2.45, 2.75) is 26.4 Å².